The van der Waals surface area contributed by atoms with Crippen LogP contribution in [-0.4, -0.2) is 56.2 Å². The molecule has 3 N–H and O–H groups in total. The smallest absolute Gasteiger partial charge is 0.229 e. The normalized spacial score (nSPS) is 25.3. The van der Waals surface area contributed by atoms with Crippen LogP contribution in [0.4, 0.5) is 17.5 Å². The second-order valence-corrected chi connectivity index (χ2v) is 10.2. The third-order valence-electron chi connectivity index (χ3n) is 7.82. The summed E-state index contributed by atoms with van der Waals surface area (Å²) in [6.07, 6.45) is 15.3. The van der Waals surface area contributed by atoms with Crippen molar-refractivity contribution < 1.29 is 5.11 Å². The van der Waals surface area contributed by atoms with Gasteiger partial charge >= 0.3 is 0 Å². The van der Waals surface area contributed by atoms with Gasteiger partial charge in [0.1, 0.15) is 5.82 Å². The van der Waals surface area contributed by atoms with Crippen LogP contribution in [0, 0.1) is 6.92 Å². The summed E-state index contributed by atoms with van der Waals surface area (Å²) in [6.45, 7) is 4.35. The Balaban J connectivity index is 1.33. The van der Waals surface area contributed by atoms with Crippen molar-refractivity contribution in [3.8, 4) is 0 Å². The Bertz CT molecular complexity index is 915. The second-order valence-electron chi connectivity index (χ2n) is 10.2. The van der Waals surface area contributed by atoms with Gasteiger partial charge in [-0.25, -0.2) is 4.98 Å². The molecule has 0 radical (unpaired) electrons. The number of aryl methyl sites for hydroxylation is 1. The molecule has 3 aliphatic rings. The Kier molecular flexibility index (Phi) is 7.07. The van der Waals surface area contributed by atoms with E-state index in [-0.39, 0.29) is 6.10 Å². The zero-order valence-corrected chi connectivity index (χ0v) is 19.8. The number of rotatable bonds is 6. The highest BCUT2D eigenvalue weighted by atomic mass is 16.3. The average Bonchev–Trinajstić information content (AvgIpc) is 3.36. The van der Waals surface area contributed by atoms with Crippen LogP contribution in [0.1, 0.15) is 81.4 Å². The van der Waals surface area contributed by atoms with E-state index in [9.17, 15) is 5.11 Å². The molecule has 0 atom stereocenters. The number of likely N-dealkylation sites (tertiary alicyclic amines) is 1. The molecule has 178 valence electrons. The summed E-state index contributed by atoms with van der Waals surface area (Å²) < 4.78 is 0. The fourth-order valence-corrected chi connectivity index (χ4v) is 5.88. The van der Waals surface area contributed by atoms with Crippen molar-refractivity contribution in [2.45, 2.75) is 95.2 Å². The fraction of sp³-hybridized carbons (Fsp3) is 0.654. The molecule has 0 amide bonds. The van der Waals surface area contributed by atoms with E-state index < -0.39 is 0 Å². The summed E-state index contributed by atoms with van der Waals surface area (Å²) in [6, 6.07) is 5.12. The lowest BCUT2D eigenvalue weighted by molar-refractivity contribution is 0.126. The molecule has 0 aromatic carbocycles. The van der Waals surface area contributed by atoms with Crippen LogP contribution in [0.3, 0.4) is 0 Å². The molecular weight excluding hydrogens is 412 g/mol. The molecular formula is C26H38N6O. The van der Waals surface area contributed by atoms with Gasteiger partial charge in [0, 0.05) is 41.4 Å². The molecule has 2 aromatic rings. The maximum Gasteiger partial charge on any atom is 0.229 e. The largest absolute Gasteiger partial charge is 0.393 e. The van der Waals surface area contributed by atoms with Crippen LogP contribution < -0.4 is 10.6 Å². The summed E-state index contributed by atoms with van der Waals surface area (Å²) in [7, 11) is 0. The minimum atomic E-state index is -0.153. The molecule has 0 unspecified atom stereocenters. The van der Waals surface area contributed by atoms with Crippen LogP contribution >= 0.6 is 0 Å². The minimum Gasteiger partial charge on any atom is -0.393 e. The molecule has 7 nitrogen and oxygen atoms in total. The summed E-state index contributed by atoms with van der Waals surface area (Å²) in [5, 5.41) is 17.0. The van der Waals surface area contributed by atoms with Gasteiger partial charge < -0.3 is 20.6 Å². The lowest BCUT2D eigenvalue weighted by atomic mass is 9.88. The maximum atomic E-state index is 9.92. The number of aliphatic hydroxyl groups excluding tert-OH is 1. The van der Waals surface area contributed by atoms with Gasteiger partial charge in [-0.3, -0.25) is 4.98 Å². The van der Waals surface area contributed by atoms with Crippen molar-refractivity contribution in [1.29, 1.82) is 0 Å². The minimum absolute atomic E-state index is 0.153. The molecule has 33 heavy (non-hydrogen) atoms. The van der Waals surface area contributed by atoms with Crippen molar-refractivity contribution in [2.24, 2.45) is 0 Å². The van der Waals surface area contributed by atoms with Gasteiger partial charge in [-0.1, -0.05) is 12.8 Å². The highest BCUT2D eigenvalue weighted by Crippen LogP contribution is 2.36. The number of nitrogens with zero attached hydrogens (tertiary/aromatic N) is 4. The van der Waals surface area contributed by atoms with E-state index in [1.165, 1.54) is 57.2 Å². The number of aromatic nitrogens is 3. The van der Waals surface area contributed by atoms with Crippen LogP contribution in [0.5, 0.6) is 0 Å². The molecule has 3 heterocycles. The summed E-state index contributed by atoms with van der Waals surface area (Å²) in [4.78, 5) is 16.7. The Labute approximate surface area is 197 Å². The number of anilines is 3. The van der Waals surface area contributed by atoms with Crippen molar-refractivity contribution in [3.63, 3.8) is 0 Å². The Morgan fingerprint density at radius 3 is 2.45 bits per heavy atom. The summed E-state index contributed by atoms with van der Waals surface area (Å²) in [5.41, 5.74) is 3.17. The van der Waals surface area contributed by atoms with E-state index >= 15 is 0 Å². The lowest BCUT2D eigenvalue weighted by Gasteiger charge is -2.36. The molecule has 7 heteroatoms. The number of hydrogen-bond acceptors (Lipinski definition) is 7. The van der Waals surface area contributed by atoms with Gasteiger partial charge in [0.15, 0.2) is 0 Å². The highest BCUT2D eigenvalue weighted by molar-refractivity contribution is 5.57. The van der Waals surface area contributed by atoms with Gasteiger partial charge in [0.2, 0.25) is 5.95 Å². The van der Waals surface area contributed by atoms with Crippen LogP contribution in [0.25, 0.3) is 0 Å². The number of pyridine rings is 1. The van der Waals surface area contributed by atoms with Gasteiger partial charge in [0.05, 0.1) is 6.10 Å². The lowest BCUT2D eigenvalue weighted by Crippen LogP contribution is -2.39. The molecule has 0 bridgehead atoms. The standard InChI is InChI=1S/C26H38N6O/c1-18-16-21(10-13-27-18)30-26-28-17-24(25(31-26)29-20-6-8-23(33)9-7-20)19-11-14-32(15-12-19)22-4-2-3-5-22/h10,13,16-17,19-20,22-23,33H,2-9,11-12,14-15H2,1H3,(H2,27,28,29,30,31). The van der Waals surface area contributed by atoms with E-state index in [4.69, 9.17) is 9.97 Å². The number of hydrogen-bond donors (Lipinski definition) is 3. The Morgan fingerprint density at radius 2 is 1.73 bits per heavy atom. The molecule has 2 aliphatic carbocycles. The zero-order valence-electron chi connectivity index (χ0n) is 19.8. The first-order valence-corrected chi connectivity index (χ1v) is 12.9. The van der Waals surface area contributed by atoms with Gasteiger partial charge in [-0.05, 0) is 89.4 Å². The third-order valence-corrected chi connectivity index (χ3v) is 7.82. The zero-order chi connectivity index (χ0) is 22.6. The second kappa shape index (κ2) is 10.3. The van der Waals surface area contributed by atoms with Crippen molar-refractivity contribution in [1.82, 2.24) is 19.9 Å². The topological polar surface area (TPSA) is 86.2 Å². The van der Waals surface area contributed by atoms with E-state index in [0.29, 0.717) is 17.9 Å². The number of piperidine rings is 1. The number of nitrogens with one attached hydrogen (secondary N) is 2. The van der Waals surface area contributed by atoms with Gasteiger partial charge in [-0.2, -0.15) is 4.98 Å². The first-order valence-electron chi connectivity index (χ1n) is 12.9. The SMILES string of the molecule is Cc1cc(Nc2ncc(C3CCN(C4CCCC4)CC3)c(NC3CCC(O)CC3)n2)ccn1. The summed E-state index contributed by atoms with van der Waals surface area (Å²) >= 11 is 0. The predicted octanol–water partition coefficient (Wildman–Crippen LogP) is 4.76. The van der Waals surface area contributed by atoms with Crippen LogP contribution in [0.2, 0.25) is 0 Å². The van der Waals surface area contributed by atoms with Crippen LogP contribution in [-0.2, 0) is 0 Å². The molecule has 2 aromatic heterocycles. The molecule has 3 fully saturated rings. The first kappa shape index (κ1) is 22.5. The van der Waals surface area contributed by atoms with Gasteiger partial charge in [0.25, 0.3) is 0 Å². The summed E-state index contributed by atoms with van der Waals surface area (Å²) in [5.74, 6) is 2.08. The monoisotopic (exact) mass is 450 g/mol. The highest BCUT2D eigenvalue weighted by Gasteiger charge is 2.30. The molecule has 0 spiro atoms. The van der Waals surface area contributed by atoms with E-state index in [1.54, 1.807) is 6.20 Å². The van der Waals surface area contributed by atoms with E-state index in [2.05, 4.69) is 20.5 Å². The van der Waals surface area contributed by atoms with Crippen LogP contribution in [0.15, 0.2) is 24.5 Å². The Hall–Kier alpha value is -2.25. The molecule has 1 saturated heterocycles. The Morgan fingerprint density at radius 1 is 0.970 bits per heavy atom. The first-order chi connectivity index (χ1) is 16.1. The quantitative estimate of drug-likeness (QED) is 0.585. The van der Waals surface area contributed by atoms with Crippen molar-refractivity contribution >= 4 is 17.5 Å². The van der Waals surface area contributed by atoms with E-state index in [1.807, 2.05) is 25.3 Å². The molecule has 2 saturated carbocycles. The third kappa shape index (κ3) is 5.64. The number of aliphatic hydroxyl groups is 1. The molecule has 1 aliphatic heterocycles. The van der Waals surface area contributed by atoms with Crippen molar-refractivity contribution in [2.75, 3.05) is 23.7 Å². The van der Waals surface area contributed by atoms with E-state index in [0.717, 1.165) is 48.9 Å². The van der Waals surface area contributed by atoms with Gasteiger partial charge in [-0.15, -0.1) is 0 Å². The predicted molar refractivity (Wildman–Crippen MR) is 132 cm³/mol. The van der Waals surface area contributed by atoms with Crippen molar-refractivity contribution in [3.05, 3.63) is 35.8 Å². The average molecular weight is 451 g/mol. The fourth-order valence-electron chi connectivity index (χ4n) is 5.88. The maximum absolute atomic E-state index is 9.92. The molecule has 5 rings (SSSR count).